The van der Waals surface area contributed by atoms with Gasteiger partial charge in [-0.05, 0) is 38.2 Å². The molecule has 15 heavy (non-hydrogen) atoms. The van der Waals surface area contributed by atoms with Gasteiger partial charge in [0.15, 0.2) is 0 Å². The fourth-order valence-corrected chi connectivity index (χ4v) is 1.90. The van der Waals surface area contributed by atoms with E-state index in [0.29, 0.717) is 0 Å². The van der Waals surface area contributed by atoms with Crippen LogP contribution in [-0.4, -0.2) is 0 Å². The van der Waals surface area contributed by atoms with Crippen molar-refractivity contribution >= 4 is 0 Å². The van der Waals surface area contributed by atoms with Crippen LogP contribution < -0.4 is 5.73 Å². The number of rotatable bonds is 4. The Morgan fingerprint density at radius 3 is 2.00 bits per heavy atom. The smallest absolute Gasteiger partial charge is 0.0295 e. The van der Waals surface area contributed by atoms with E-state index in [9.17, 15) is 0 Å². The van der Waals surface area contributed by atoms with Crippen LogP contribution in [0.15, 0.2) is 18.2 Å². The second-order valence-corrected chi connectivity index (χ2v) is 5.00. The average Bonchev–Trinajstić information content (AvgIpc) is 2.12. The van der Waals surface area contributed by atoms with Crippen molar-refractivity contribution in [2.45, 2.75) is 46.6 Å². The number of benzene rings is 1. The van der Waals surface area contributed by atoms with Gasteiger partial charge in [0.2, 0.25) is 0 Å². The second kappa shape index (κ2) is 5.32. The molecule has 0 saturated heterocycles. The third-order valence-electron chi connectivity index (χ3n) is 2.73. The van der Waals surface area contributed by atoms with Crippen molar-refractivity contribution < 1.29 is 0 Å². The first-order valence-electron chi connectivity index (χ1n) is 5.83. The monoisotopic (exact) mass is 205 g/mol. The van der Waals surface area contributed by atoms with Crippen LogP contribution in [0.1, 0.15) is 49.4 Å². The molecule has 0 bridgehead atoms. The minimum atomic E-state index is 0.200. The predicted octanol–water partition coefficient (Wildman–Crippen LogP) is 3.74. The Morgan fingerprint density at radius 1 is 1.00 bits per heavy atom. The number of hydrogen-bond acceptors (Lipinski definition) is 1. The van der Waals surface area contributed by atoms with Crippen molar-refractivity contribution in [2.75, 3.05) is 0 Å². The molecule has 0 aliphatic rings. The molecule has 0 heterocycles. The molecule has 0 amide bonds. The largest absolute Gasteiger partial charge is 0.324 e. The van der Waals surface area contributed by atoms with Gasteiger partial charge in [-0.3, -0.25) is 0 Å². The molecule has 84 valence electrons. The van der Waals surface area contributed by atoms with Gasteiger partial charge >= 0.3 is 0 Å². The fourth-order valence-electron chi connectivity index (χ4n) is 1.90. The molecule has 1 atom stereocenters. The summed E-state index contributed by atoms with van der Waals surface area (Å²) in [7, 11) is 0. The Balaban J connectivity index is 2.68. The maximum atomic E-state index is 6.18. The molecule has 0 radical (unpaired) electrons. The first-order valence-corrected chi connectivity index (χ1v) is 5.83. The lowest BCUT2D eigenvalue weighted by molar-refractivity contribution is 0.507. The zero-order chi connectivity index (χ0) is 11.4. The van der Waals surface area contributed by atoms with E-state index in [1.54, 1.807) is 0 Å². The van der Waals surface area contributed by atoms with Crippen LogP contribution in [0.25, 0.3) is 0 Å². The summed E-state index contributed by atoms with van der Waals surface area (Å²) in [6.07, 6.45) is 2.29. The van der Waals surface area contributed by atoms with Crippen molar-refractivity contribution in [3.63, 3.8) is 0 Å². The van der Waals surface area contributed by atoms with Crippen LogP contribution in [0.5, 0.6) is 0 Å². The van der Waals surface area contributed by atoms with Gasteiger partial charge < -0.3 is 5.73 Å². The SMILES string of the molecule is Cc1cc(C)cc([C@@H](N)CCC(C)C)c1. The summed E-state index contributed by atoms with van der Waals surface area (Å²) in [5.74, 6) is 0.738. The summed E-state index contributed by atoms with van der Waals surface area (Å²) >= 11 is 0. The molecule has 2 N–H and O–H groups in total. The van der Waals surface area contributed by atoms with E-state index in [2.05, 4.69) is 45.9 Å². The Kier molecular flexibility index (Phi) is 4.34. The van der Waals surface area contributed by atoms with Crippen LogP contribution >= 0.6 is 0 Å². The lowest BCUT2D eigenvalue weighted by Crippen LogP contribution is -2.11. The second-order valence-electron chi connectivity index (χ2n) is 5.00. The van der Waals surface area contributed by atoms with Crippen LogP contribution in [-0.2, 0) is 0 Å². The molecular weight excluding hydrogens is 182 g/mol. The van der Waals surface area contributed by atoms with E-state index < -0.39 is 0 Å². The maximum absolute atomic E-state index is 6.18. The van der Waals surface area contributed by atoms with Gasteiger partial charge in [-0.2, -0.15) is 0 Å². The highest BCUT2D eigenvalue weighted by Crippen LogP contribution is 2.20. The Labute approximate surface area is 93.7 Å². The Hall–Kier alpha value is -0.820. The van der Waals surface area contributed by atoms with Crippen molar-refractivity contribution in [1.29, 1.82) is 0 Å². The molecule has 0 aliphatic heterocycles. The average molecular weight is 205 g/mol. The molecule has 0 unspecified atom stereocenters. The van der Waals surface area contributed by atoms with Gasteiger partial charge in [0.25, 0.3) is 0 Å². The summed E-state index contributed by atoms with van der Waals surface area (Å²) in [5, 5.41) is 0. The van der Waals surface area contributed by atoms with Crippen LogP contribution in [0.3, 0.4) is 0 Å². The molecule has 0 saturated carbocycles. The quantitative estimate of drug-likeness (QED) is 0.796. The Bertz CT molecular complexity index is 295. The van der Waals surface area contributed by atoms with E-state index >= 15 is 0 Å². The van der Waals surface area contributed by atoms with Gasteiger partial charge in [0.05, 0.1) is 0 Å². The summed E-state index contributed by atoms with van der Waals surface area (Å²) in [6.45, 7) is 8.75. The molecule has 1 aromatic rings. The number of aryl methyl sites for hydroxylation is 2. The molecule has 1 heteroatoms. The predicted molar refractivity (Wildman–Crippen MR) is 66.9 cm³/mol. The lowest BCUT2D eigenvalue weighted by atomic mass is 9.96. The minimum Gasteiger partial charge on any atom is -0.324 e. The van der Waals surface area contributed by atoms with Crippen LogP contribution in [0.2, 0.25) is 0 Å². The molecular formula is C14H23N. The number of hydrogen-bond donors (Lipinski definition) is 1. The van der Waals surface area contributed by atoms with E-state index in [4.69, 9.17) is 5.73 Å². The van der Waals surface area contributed by atoms with Crippen molar-refractivity contribution in [3.05, 3.63) is 34.9 Å². The normalized spacial score (nSPS) is 13.2. The molecule has 1 nitrogen and oxygen atoms in total. The lowest BCUT2D eigenvalue weighted by Gasteiger charge is -2.14. The highest BCUT2D eigenvalue weighted by Gasteiger charge is 2.07. The van der Waals surface area contributed by atoms with Gasteiger partial charge in [-0.15, -0.1) is 0 Å². The standard InChI is InChI=1S/C14H23N/c1-10(2)5-6-14(15)13-8-11(3)7-12(4)9-13/h7-10,14H,5-6,15H2,1-4H3/t14-/m0/s1. The van der Waals surface area contributed by atoms with E-state index in [1.807, 2.05) is 0 Å². The molecule has 0 aromatic heterocycles. The molecule has 0 aliphatic carbocycles. The van der Waals surface area contributed by atoms with E-state index in [-0.39, 0.29) is 6.04 Å². The molecule has 1 aromatic carbocycles. The number of nitrogens with two attached hydrogens (primary N) is 1. The Morgan fingerprint density at radius 2 is 1.53 bits per heavy atom. The third-order valence-corrected chi connectivity index (χ3v) is 2.73. The summed E-state index contributed by atoms with van der Waals surface area (Å²) in [6, 6.07) is 6.81. The third kappa shape index (κ3) is 4.05. The maximum Gasteiger partial charge on any atom is 0.0295 e. The molecule has 0 spiro atoms. The summed E-state index contributed by atoms with van der Waals surface area (Å²) < 4.78 is 0. The van der Waals surface area contributed by atoms with Gasteiger partial charge in [0.1, 0.15) is 0 Å². The zero-order valence-electron chi connectivity index (χ0n) is 10.4. The first-order chi connectivity index (χ1) is 6.99. The van der Waals surface area contributed by atoms with E-state index in [0.717, 1.165) is 12.3 Å². The van der Waals surface area contributed by atoms with Gasteiger partial charge in [-0.25, -0.2) is 0 Å². The minimum absolute atomic E-state index is 0.200. The van der Waals surface area contributed by atoms with Crippen molar-refractivity contribution in [1.82, 2.24) is 0 Å². The van der Waals surface area contributed by atoms with Gasteiger partial charge in [0, 0.05) is 6.04 Å². The van der Waals surface area contributed by atoms with Crippen LogP contribution in [0, 0.1) is 19.8 Å². The van der Waals surface area contributed by atoms with Crippen molar-refractivity contribution in [2.24, 2.45) is 11.7 Å². The fraction of sp³-hybridized carbons (Fsp3) is 0.571. The molecule has 0 fully saturated rings. The van der Waals surface area contributed by atoms with E-state index in [1.165, 1.54) is 23.1 Å². The topological polar surface area (TPSA) is 26.0 Å². The summed E-state index contributed by atoms with van der Waals surface area (Å²) in [4.78, 5) is 0. The first kappa shape index (κ1) is 12.3. The molecule has 1 rings (SSSR count). The zero-order valence-corrected chi connectivity index (χ0v) is 10.4. The highest BCUT2D eigenvalue weighted by atomic mass is 14.6. The highest BCUT2D eigenvalue weighted by molar-refractivity contribution is 5.30. The van der Waals surface area contributed by atoms with Gasteiger partial charge in [-0.1, -0.05) is 43.2 Å². The van der Waals surface area contributed by atoms with Crippen LogP contribution in [0.4, 0.5) is 0 Å². The van der Waals surface area contributed by atoms with Crippen molar-refractivity contribution in [3.8, 4) is 0 Å². The summed E-state index contributed by atoms with van der Waals surface area (Å²) in [5.41, 5.74) is 10.1.